The number of benzene rings is 1. The standard InChI is InChI=1S/C16H15F3N2O2/c1-10-7-11(9-20-8-10)21-15(22)14(23-2)12-5-3-4-6-13(12)16(17,18)19/h3-9,14H,1-2H3,(H,21,22). The van der Waals surface area contributed by atoms with E-state index in [9.17, 15) is 18.0 Å². The summed E-state index contributed by atoms with van der Waals surface area (Å²) in [6.07, 6.45) is -2.94. The molecule has 0 bridgehead atoms. The lowest BCUT2D eigenvalue weighted by atomic mass is 10.0. The molecule has 1 atom stereocenters. The zero-order valence-electron chi connectivity index (χ0n) is 12.5. The Hall–Kier alpha value is -2.41. The molecular formula is C16H15F3N2O2. The number of methoxy groups -OCH3 is 1. The number of hydrogen-bond donors (Lipinski definition) is 1. The second-order valence-corrected chi connectivity index (χ2v) is 4.94. The molecule has 122 valence electrons. The fourth-order valence-corrected chi connectivity index (χ4v) is 2.19. The summed E-state index contributed by atoms with van der Waals surface area (Å²) >= 11 is 0. The van der Waals surface area contributed by atoms with Gasteiger partial charge in [-0.3, -0.25) is 9.78 Å². The van der Waals surface area contributed by atoms with Gasteiger partial charge in [-0.25, -0.2) is 0 Å². The van der Waals surface area contributed by atoms with E-state index in [1.165, 1.54) is 31.5 Å². The number of pyridine rings is 1. The molecule has 7 heteroatoms. The van der Waals surface area contributed by atoms with Crippen LogP contribution in [0.2, 0.25) is 0 Å². The molecule has 0 radical (unpaired) electrons. The highest BCUT2D eigenvalue weighted by Gasteiger charge is 2.36. The molecule has 0 aliphatic rings. The molecule has 0 spiro atoms. The average Bonchev–Trinajstić information content (AvgIpc) is 2.47. The van der Waals surface area contributed by atoms with Gasteiger partial charge in [-0.1, -0.05) is 18.2 Å². The molecule has 2 rings (SSSR count). The zero-order valence-corrected chi connectivity index (χ0v) is 12.5. The van der Waals surface area contributed by atoms with Crippen molar-refractivity contribution >= 4 is 11.6 Å². The van der Waals surface area contributed by atoms with Gasteiger partial charge in [-0.05, 0) is 24.6 Å². The number of nitrogens with zero attached hydrogens (tertiary/aromatic N) is 1. The monoisotopic (exact) mass is 324 g/mol. The Morgan fingerprint density at radius 1 is 1.26 bits per heavy atom. The largest absolute Gasteiger partial charge is 0.416 e. The van der Waals surface area contributed by atoms with Gasteiger partial charge in [-0.2, -0.15) is 13.2 Å². The summed E-state index contributed by atoms with van der Waals surface area (Å²) in [6.45, 7) is 1.79. The number of rotatable bonds is 4. The first-order valence-electron chi connectivity index (χ1n) is 6.74. The highest BCUT2D eigenvalue weighted by Crippen LogP contribution is 2.35. The van der Waals surface area contributed by atoms with Crippen LogP contribution in [0.25, 0.3) is 0 Å². The Morgan fingerprint density at radius 2 is 1.96 bits per heavy atom. The number of amides is 1. The Labute approximate surface area is 131 Å². The molecule has 1 aromatic heterocycles. The van der Waals surface area contributed by atoms with E-state index in [1.54, 1.807) is 19.2 Å². The van der Waals surface area contributed by atoms with Crippen molar-refractivity contribution in [2.75, 3.05) is 12.4 Å². The van der Waals surface area contributed by atoms with Gasteiger partial charge in [0, 0.05) is 18.9 Å². The quantitative estimate of drug-likeness (QED) is 0.932. The van der Waals surface area contributed by atoms with Crippen molar-refractivity contribution in [3.63, 3.8) is 0 Å². The SMILES string of the molecule is COC(C(=O)Nc1cncc(C)c1)c1ccccc1C(F)(F)F. The average molecular weight is 324 g/mol. The normalized spacial score (nSPS) is 12.7. The maximum atomic E-state index is 13.1. The number of alkyl halides is 3. The molecule has 0 fully saturated rings. The number of carbonyl (C=O) groups is 1. The smallest absolute Gasteiger partial charge is 0.367 e. The number of aryl methyl sites for hydroxylation is 1. The van der Waals surface area contributed by atoms with Crippen molar-refractivity contribution in [1.82, 2.24) is 4.98 Å². The van der Waals surface area contributed by atoms with Crippen molar-refractivity contribution in [2.45, 2.75) is 19.2 Å². The topological polar surface area (TPSA) is 51.2 Å². The fourth-order valence-electron chi connectivity index (χ4n) is 2.19. The molecule has 23 heavy (non-hydrogen) atoms. The van der Waals surface area contributed by atoms with Crippen LogP contribution in [0.15, 0.2) is 42.7 Å². The number of nitrogens with one attached hydrogen (secondary N) is 1. The molecule has 0 saturated carbocycles. The first-order chi connectivity index (χ1) is 10.8. The van der Waals surface area contributed by atoms with Gasteiger partial charge in [-0.15, -0.1) is 0 Å². The van der Waals surface area contributed by atoms with E-state index in [0.29, 0.717) is 5.69 Å². The molecule has 1 N–H and O–H groups in total. The van der Waals surface area contributed by atoms with Crippen LogP contribution >= 0.6 is 0 Å². The number of anilines is 1. The highest BCUT2D eigenvalue weighted by molar-refractivity contribution is 5.95. The number of hydrogen-bond acceptors (Lipinski definition) is 3. The van der Waals surface area contributed by atoms with Crippen LogP contribution in [0.4, 0.5) is 18.9 Å². The van der Waals surface area contributed by atoms with E-state index in [2.05, 4.69) is 10.3 Å². The second-order valence-electron chi connectivity index (χ2n) is 4.94. The van der Waals surface area contributed by atoms with E-state index in [0.717, 1.165) is 11.6 Å². The van der Waals surface area contributed by atoms with Crippen LogP contribution in [0.3, 0.4) is 0 Å². The summed E-state index contributed by atoms with van der Waals surface area (Å²) in [7, 11) is 1.19. The Morgan fingerprint density at radius 3 is 2.57 bits per heavy atom. The maximum absolute atomic E-state index is 13.1. The van der Waals surface area contributed by atoms with Gasteiger partial charge in [0.05, 0.1) is 17.4 Å². The minimum absolute atomic E-state index is 0.236. The number of halogens is 3. The second kappa shape index (κ2) is 6.78. The third-order valence-electron chi connectivity index (χ3n) is 3.16. The van der Waals surface area contributed by atoms with E-state index < -0.39 is 23.8 Å². The van der Waals surface area contributed by atoms with E-state index >= 15 is 0 Å². The summed E-state index contributed by atoms with van der Waals surface area (Å²) in [6, 6.07) is 6.50. The van der Waals surface area contributed by atoms with Crippen molar-refractivity contribution in [2.24, 2.45) is 0 Å². The van der Waals surface area contributed by atoms with Crippen molar-refractivity contribution < 1.29 is 22.7 Å². The molecule has 1 amide bonds. The minimum atomic E-state index is -4.57. The van der Waals surface area contributed by atoms with Crippen LogP contribution in [0.1, 0.15) is 22.8 Å². The molecule has 0 aliphatic carbocycles. The van der Waals surface area contributed by atoms with Crippen LogP contribution in [0, 0.1) is 6.92 Å². The molecule has 1 heterocycles. The lowest BCUT2D eigenvalue weighted by molar-refractivity contribution is -0.140. The summed E-state index contributed by atoms with van der Waals surface area (Å²) in [5, 5.41) is 2.52. The fraction of sp³-hybridized carbons (Fsp3) is 0.250. The van der Waals surface area contributed by atoms with Crippen LogP contribution < -0.4 is 5.32 Å². The first-order valence-corrected chi connectivity index (χ1v) is 6.74. The molecule has 1 aromatic carbocycles. The van der Waals surface area contributed by atoms with Crippen LogP contribution in [-0.4, -0.2) is 18.0 Å². The number of carbonyl (C=O) groups excluding carboxylic acids is 1. The third-order valence-corrected chi connectivity index (χ3v) is 3.16. The van der Waals surface area contributed by atoms with Gasteiger partial charge in [0.1, 0.15) is 0 Å². The maximum Gasteiger partial charge on any atom is 0.416 e. The summed E-state index contributed by atoms with van der Waals surface area (Å²) < 4.78 is 44.3. The number of ether oxygens (including phenoxy) is 1. The lowest BCUT2D eigenvalue weighted by Crippen LogP contribution is -2.25. The molecule has 0 aliphatic heterocycles. The van der Waals surface area contributed by atoms with E-state index in [-0.39, 0.29) is 5.56 Å². The minimum Gasteiger partial charge on any atom is -0.367 e. The predicted molar refractivity (Wildman–Crippen MR) is 78.8 cm³/mol. The Balaban J connectivity index is 2.31. The molecule has 4 nitrogen and oxygen atoms in total. The Kier molecular flexibility index (Phi) is 5.00. The van der Waals surface area contributed by atoms with Crippen LogP contribution in [-0.2, 0) is 15.7 Å². The zero-order chi connectivity index (χ0) is 17.0. The number of aromatic nitrogens is 1. The Bertz CT molecular complexity index is 702. The van der Waals surface area contributed by atoms with Gasteiger partial charge in [0.2, 0.25) is 0 Å². The van der Waals surface area contributed by atoms with Crippen molar-refractivity contribution in [3.8, 4) is 0 Å². The molecule has 0 saturated heterocycles. The predicted octanol–water partition coefficient (Wildman–Crippen LogP) is 3.74. The van der Waals surface area contributed by atoms with Crippen LogP contribution in [0.5, 0.6) is 0 Å². The lowest BCUT2D eigenvalue weighted by Gasteiger charge is -2.20. The highest BCUT2D eigenvalue weighted by atomic mass is 19.4. The first kappa shape index (κ1) is 17.0. The third kappa shape index (κ3) is 4.07. The van der Waals surface area contributed by atoms with Gasteiger partial charge >= 0.3 is 6.18 Å². The van der Waals surface area contributed by atoms with Crippen molar-refractivity contribution in [1.29, 1.82) is 0 Å². The van der Waals surface area contributed by atoms with E-state index in [4.69, 9.17) is 4.74 Å². The molecular weight excluding hydrogens is 309 g/mol. The van der Waals surface area contributed by atoms with E-state index in [1.807, 2.05) is 0 Å². The van der Waals surface area contributed by atoms with Gasteiger partial charge < -0.3 is 10.1 Å². The van der Waals surface area contributed by atoms with Gasteiger partial charge in [0.15, 0.2) is 6.10 Å². The summed E-state index contributed by atoms with van der Waals surface area (Å²) in [5.74, 6) is -0.698. The summed E-state index contributed by atoms with van der Waals surface area (Å²) in [5.41, 5.74) is 0.0685. The molecule has 1 unspecified atom stereocenters. The molecule has 2 aromatic rings. The van der Waals surface area contributed by atoms with Gasteiger partial charge in [0.25, 0.3) is 5.91 Å². The van der Waals surface area contributed by atoms with Crippen molar-refractivity contribution in [3.05, 3.63) is 59.4 Å². The summed E-state index contributed by atoms with van der Waals surface area (Å²) in [4.78, 5) is 16.2.